The zero-order valence-electron chi connectivity index (χ0n) is 11.0. The molecule has 0 bridgehead atoms. The van der Waals surface area contributed by atoms with Crippen LogP contribution in [0.25, 0.3) is 4.96 Å². The van der Waals surface area contributed by atoms with Crippen LogP contribution < -0.4 is 5.73 Å². The maximum absolute atomic E-state index is 6.63. The first kappa shape index (κ1) is 11.8. The van der Waals surface area contributed by atoms with Crippen molar-refractivity contribution in [2.24, 2.45) is 5.73 Å². The molecule has 2 heterocycles. The van der Waals surface area contributed by atoms with Gasteiger partial charge in [-0.2, -0.15) is 9.61 Å². The van der Waals surface area contributed by atoms with Gasteiger partial charge in [-0.05, 0) is 25.7 Å². The highest BCUT2D eigenvalue weighted by Crippen LogP contribution is 2.41. The molecule has 0 radical (unpaired) electrons. The monoisotopic (exact) mass is 277 g/mol. The second-order valence-corrected chi connectivity index (χ2v) is 6.96. The molecule has 0 unspecified atom stereocenters. The van der Waals surface area contributed by atoms with Crippen LogP contribution in [0.3, 0.4) is 0 Å². The summed E-state index contributed by atoms with van der Waals surface area (Å²) in [6.07, 6.45) is 9.58. The first-order valence-corrected chi connectivity index (χ1v) is 8.09. The van der Waals surface area contributed by atoms with Crippen LogP contribution in [0.5, 0.6) is 0 Å². The van der Waals surface area contributed by atoms with E-state index in [4.69, 9.17) is 10.8 Å². The Bertz CT molecular complexity index is 589. The Morgan fingerprint density at radius 2 is 1.84 bits per heavy atom. The third-order valence-electron chi connectivity index (χ3n) is 4.38. The number of nitrogens with two attached hydrogens (primary N) is 1. The van der Waals surface area contributed by atoms with Gasteiger partial charge in [0.1, 0.15) is 5.01 Å². The normalized spacial score (nSPS) is 23.6. The molecule has 2 aliphatic carbocycles. The minimum absolute atomic E-state index is 0.233. The number of aromatic nitrogens is 4. The van der Waals surface area contributed by atoms with Gasteiger partial charge in [0.15, 0.2) is 5.82 Å². The van der Waals surface area contributed by atoms with E-state index in [9.17, 15) is 0 Å². The van der Waals surface area contributed by atoms with Crippen LogP contribution in [0.2, 0.25) is 0 Å². The second-order valence-electron chi connectivity index (χ2n) is 6.00. The second kappa shape index (κ2) is 4.24. The van der Waals surface area contributed by atoms with Gasteiger partial charge in [0.2, 0.25) is 4.96 Å². The van der Waals surface area contributed by atoms with Crippen molar-refractivity contribution in [2.45, 2.75) is 62.8 Å². The van der Waals surface area contributed by atoms with Gasteiger partial charge in [-0.15, -0.1) is 10.2 Å². The quantitative estimate of drug-likeness (QED) is 0.857. The van der Waals surface area contributed by atoms with E-state index in [0.717, 1.165) is 28.6 Å². The molecule has 2 aliphatic rings. The molecule has 6 heteroatoms. The van der Waals surface area contributed by atoms with Gasteiger partial charge >= 0.3 is 0 Å². The molecule has 4 rings (SSSR count). The Kier molecular flexibility index (Phi) is 2.63. The Hall–Kier alpha value is -1.01. The zero-order chi connectivity index (χ0) is 12.9. The smallest absolute Gasteiger partial charge is 0.234 e. The molecule has 0 aromatic carbocycles. The molecule has 19 heavy (non-hydrogen) atoms. The zero-order valence-corrected chi connectivity index (χ0v) is 11.8. The lowest BCUT2D eigenvalue weighted by molar-refractivity contribution is 0.379. The first-order chi connectivity index (χ1) is 9.26. The van der Waals surface area contributed by atoms with E-state index in [-0.39, 0.29) is 5.54 Å². The van der Waals surface area contributed by atoms with Crippen LogP contribution in [-0.4, -0.2) is 19.8 Å². The lowest BCUT2D eigenvalue weighted by Crippen LogP contribution is -2.36. The molecular weight excluding hydrogens is 258 g/mol. The van der Waals surface area contributed by atoms with Crippen molar-refractivity contribution in [1.82, 2.24) is 19.8 Å². The molecule has 2 aromatic rings. The maximum atomic E-state index is 6.63. The fourth-order valence-electron chi connectivity index (χ4n) is 3.00. The Labute approximate surface area is 116 Å². The molecule has 0 saturated heterocycles. The van der Waals surface area contributed by atoms with Crippen molar-refractivity contribution in [3.05, 3.63) is 10.8 Å². The van der Waals surface area contributed by atoms with E-state index < -0.39 is 0 Å². The third kappa shape index (κ3) is 1.97. The Balaban J connectivity index is 1.73. The molecular formula is C13H19N5S. The summed E-state index contributed by atoms with van der Waals surface area (Å²) < 4.78 is 1.94. The van der Waals surface area contributed by atoms with Crippen molar-refractivity contribution in [3.63, 3.8) is 0 Å². The molecule has 0 spiro atoms. The average molecular weight is 277 g/mol. The molecule has 0 amide bonds. The van der Waals surface area contributed by atoms with Crippen molar-refractivity contribution in [2.75, 3.05) is 0 Å². The number of rotatable bonds is 2. The summed E-state index contributed by atoms with van der Waals surface area (Å²) in [6, 6.07) is 0. The lowest BCUT2D eigenvalue weighted by atomic mass is 9.92. The van der Waals surface area contributed by atoms with E-state index in [2.05, 4.69) is 10.2 Å². The fraction of sp³-hybridized carbons (Fsp3) is 0.769. The van der Waals surface area contributed by atoms with E-state index >= 15 is 0 Å². The molecule has 5 nitrogen and oxygen atoms in total. The van der Waals surface area contributed by atoms with Crippen LogP contribution >= 0.6 is 11.3 Å². The minimum atomic E-state index is -0.233. The number of hydrogen-bond acceptors (Lipinski definition) is 5. The molecule has 102 valence electrons. The fourth-order valence-corrected chi connectivity index (χ4v) is 4.01. The van der Waals surface area contributed by atoms with Crippen molar-refractivity contribution >= 4 is 16.3 Å². The van der Waals surface area contributed by atoms with Crippen molar-refractivity contribution in [1.29, 1.82) is 0 Å². The molecule has 2 saturated carbocycles. The molecule has 0 atom stereocenters. The predicted octanol–water partition coefficient (Wildman–Crippen LogP) is 2.57. The van der Waals surface area contributed by atoms with Gasteiger partial charge in [0, 0.05) is 5.92 Å². The lowest BCUT2D eigenvalue weighted by Gasteiger charge is -2.24. The highest BCUT2D eigenvalue weighted by molar-refractivity contribution is 7.16. The topological polar surface area (TPSA) is 69.1 Å². The largest absolute Gasteiger partial charge is 0.319 e. The maximum Gasteiger partial charge on any atom is 0.234 e. The molecule has 2 N–H and O–H groups in total. The van der Waals surface area contributed by atoms with Gasteiger partial charge in [-0.3, -0.25) is 0 Å². The van der Waals surface area contributed by atoms with E-state index in [0.29, 0.717) is 5.92 Å². The van der Waals surface area contributed by atoms with Crippen LogP contribution in [-0.2, 0) is 5.54 Å². The summed E-state index contributed by atoms with van der Waals surface area (Å²) >= 11 is 1.63. The van der Waals surface area contributed by atoms with Gasteiger partial charge in [-0.25, -0.2) is 0 Å². The van der Waals surface area contributed by atoms with Crippen LogP contribution in [0.4, 0.5) is 0 Å². The number of nitrogens with zero attached hydrogens (tertiary/aromatic N) is 4. The molecule has 2 aromatic heterocycles. The van der Waals surface area contributed by atoms with E-state index in [1.54, 1.807) is 11.3 Å². The Morgan fingerprint density at radius 1 is 1.11 bits per heavy atom. The summed E-state index contributed by atoms with van der Waals surface area (Å²) in [6.45, 7) is 0. The summed E-state index contributed by atoms with van der Waals surface area (Å²) in [5.74, 6) is 1.61. The van der Waals surface area contributed by atoms with Gasteiger partial charge in [0.25, 0.3) is 0 Å². The Morgan fingerprint density at radius 3 is 2.53 bits per heavy atom. The highest BCUT2D eigenvalue weighted by atomic mass is 32.1. The first-order valence-electron chi connectivity index (χ1n) is 7.28. The van der Waals surface area contributed by atoms with Gasteiger partial charge in [0.05, 0.1) is 5.54 Å². The highest BCUT2D eigenvalue weighted by Gasteiger charge is 2.35. The summed E-state index contributed by atoms with van der Waals surface area (Å²) in [7, 11) is 0. The van der Waals surface area contributed by atoms with Crippen molar-refractivity contribution in [3.8, 4) is 0 Å². The SMILES string of the molecule is NC1(c2nn3c(C4CC4)nnc3s2)CCCCCC1. The average Bonchev–Trinajstić information content (AvgIpc) is 3.07. The van der Waals surface area contributed by atoms with Gasteiger partial charge < -0.3 is 5.73 Å². The third-order valence-corrected chi connectivity index (χ3v) is 5.50. The summed E-state index contributed by atoms with van der Waals surface area (Å²) in [5.41, 5.74) is 6.40. The molecule has 0 aliphatic heterocycles. The minimum Gasteiger partial charge on any atom is -0.319 e. The van der Waals surface area contributed by atoms with Crippen LogP contribution in [0.15, 0.2) is 0 Å². The van der Waals surface area contributed by atoms with Crippen molar-refractivity contribution < 1.29 is 0 Å². The number of fused-ring (bicyclic) bond motifs is 1. The molecule has 2 fully saturated rings. The van der Waals surface area contributed by atoms with Crippen LogP contribution in [0, 0.1) is 0 Å². The number of hydrogen-bond donors (Lipinski definition) is 1. The summed E-state index contributed by atoms with van der Waals surface area (Å²) in [4.78, 5) is 0.908. The van der Waals surface area contributed by atoms with E-state index in [1.807, 2.05) is 4.52 Å². The predicted molar refractivity (Wildman–Crippen MR) is 74.2 cm³/mol. The van der Waals surface area contributed by atoms with Gasteiger partial charge in [-0.1, -0.05) is 37.0 Å². The summed E-state index contributed by atoms with van der Waals surface area (Å²) in [5, 5.41) is 14.3. The standard InChI is InChI=1S/C13H19N5S/c14-13(7-3-1-2-4-8-13)11-17-18-10(9-5-6-9)15-16-12(18)19-11/h9H,1-8,14H2. The van der Waals surface area contributed by atoms with Crippen LogP contribution in [0.1, 0.15) is 68.1 Å². The van der Waals surface area contributed by atoms with E-state index in [1.165, 1.54) is 38.5 Å².